The Morgan fingerprint density at radius 2 is 2.12 bits per heavy atom. The van der Waals surface area contributed by atoms with Crippen LogP contribution in [-0.4, -0.2) is 50.9 Å². The second kappa shape index (κ2) is 9.74. The monoisotopic (exact) mass is 559 g/mol. The van der Waals surface area contributed by atoms with Crippen molar-refractivity contribution in [3.63, 3.8) is 0 Å². The van der Waals surface area contributed by atoms with Crippen molar-refractivity contribution in [1.29, 1.82) is 0 Å². The molecule has 4 rings (SSSR count). The molecule has 16 heteroatoms. The van der Waals surface area contributed by atoms with Gasteiger partial charge in [0.05, 0.1) is 19.3 Å². The molecule has 0 radical (unpaired) electrons. The molecule has 0 amide bonds. The third-order valence-electron chi connectivity index (χ3n) is 5.31. The topological polar surface area (TPSA) is 198 Å². The van der Waals surface area contributed by atoms with Crippen molar-refractivity contribution in [1.82, 2.24) is 9.55 Å². The highest BCUT2D eigenvalue weighted by molar-refractivity contribution is 9.10. The van der Waals surface area contributed by atoms with Gasteiger partial charge in [0.25, 0.3) is 5.56 Å². The lowest BCUT2D eigenvalue weighted by molar-refractivity contribution is -0.127. The largest absolute Gasteiger partial charge is 0.475 e. The summed E-state index contributed by atoms with van der Waals surface area (Å²) in [5.74, 6) is 0. The van der Waals surface area contributed by atoms with E-state index in [1.807, 2.05) is 4.98 Å². The molecule has 0 aliphatic carbocycles. The van der Waals surface area contributed by atoms with Crippen LogP contribution in [-0.2, 0) is 22.9 Å². The van der Waals surface area contributed by atoms with E-state index in [-0.39, 0.29) is 6.61 Å². The van der Waals surface area contributed by atoms with Crippen LogP contribution in [0.4, 0.5) is 0 Å². The lowest BCUT2D eigenvalue weighted by Gasteiger charge is -2.32. The van der Waals surface area contributed by atoms with Gasteiger partial charge in [-0.2, -0.15) is 0 Å². The van der Waals surface area contributed by atoms with Gasteiger partial charge < -0.3 is 14.9 Å². The third kappa shape index (κ3) is 4.75. The number of aromatic amines is 1. The van der Waals surface area contributed by atoms with Gasteiger partial charge in [0.15, 0.2) is 6.23 Å². The van der Waals surface area contributed by atoms with Crippen LogP contribution in [0.1, 0.15) is 24.3 Å². The molecule has 0 spiro atoms. The fraction of sp³-hybridized carbons (Fsp3) is 0.444. The first-order valence-corrected chi connectivity index (χ1v) is 12.2. The minimum atomic E-state index is -4.22. The normalized spacial score (nSPS) is 33.4. The average Bonchev–Trinajstić information content (AvgIpc) is 3.04. The van der Waals surface area contributed by atoms with E-state index in [2.05, 4.69) is 26.0 Å². The Labute approximate surface area is 199 Å². The van der Waals surface area contributed by atoms with Gasteiger partial charge >= 0.3 is 13.5 Å². The maximum absolute atomic E-state index is 13.2. The van der Waals surface area contributed by atoms with Gasteiger partial charge in [0, 0.05) is 28.1 Å². The lowest BCUT2D eigenvalue weighted by atomic mass is 10.1. The molecule has 0 bridgehead atoms. The molecule has 2 aromatic rings. The van der Waals surface area contributed by atoms with Gasteiger partial charge in [0.1, 0.15) is 12.2 Å². The highest BCUT2D eigenvalue weighted by Gasteiger charge is 2.56. The molecule has 2 aliphatic rings. The van der Waals surface area contributed by atoms with Crippen molar-refractivity contribution in [2.75, 3.05) is 13.2 Å². The van der Waals surface area contributed by atoms with Crippen LogP contribution in [0.5, 0.6) is 0 Å². The van der Waals surface area contributed by atoms with Crippen LogP contribution in [0, 0.1) is 0 Å². The van der Waals surface area contributed by atoms with Gasteiger partial charge in [0.2, 0.25) is 5.72 Å². The van der Waals surface area contributed by atoms with Gasteiger partial charge in [-0.15, -0.1) is 0 Å². The van der Waals surface area contributed by atoms with Crippen LogP contribution in [0.15, 0.2) is 55.7 Å². The number of ether oxygens (including phenoxy) is 1. The SMILES string of the molecule is [N-]=[N+]=N[C@]1(CO[P@]2(=O)OCC[C@H](c3ccccc3Br)O2)O[C@@H](n2ccc(=O)[nH]c2=O)[C@H](O)[C@@H]1O. The average molecular weight is 560 g/mol. The van der Waals surface area contributed by atoms with Crippen LogP contribution < -0.4 is 11.2 Å². The number of halogens is 1. The lowest BCUT2D eigenvalue weighted by Crippen LogP contribution is -2.45. The van der Waals surface area contributed by atoms with Gasteiger partial charge in [-0.1, -0.05) is 39.2 Å². The second-order valence-electron chi connectivity index (χ2n) is 7.45. The number of aromatic nitrogens is 2. The number of H-pyrrole nitrogens is 1. The molecule has 6 atom stereocenters. The number of benzene rings is 1. The van der Waals surface area contributed by atoms with Crippen LogP contribution in [0.25, 0.3) is 10.4 Å². The molecule has 2 fully saturated rings. The summed E-state index contributed by atoms with van der Waals surface area (Å²) >= 11 is 3.41. The Kier molecular flexibility index (Phi) is 7.10. The van der Waals surface area contributed by atoms with Crippen molar-refractivity contribution in [2.45, 2.75) is 36.7 Å². The standard InChI is InChI=1S/C18H19BrN5O9P/c19-11-4-2-1-3-10(11)12-6-8-30-34(29,33-12)31-9-18(22-23-20)15(27)14(26)16(32-18)24-7-5-13(25)21-17(24)28/h1-5,7,12,14-16,26-27H,6,8-9H2,(H,21,25,28)/t12-,14-,15+,16-,18-,34+/m1/s1. The molecule has 14 nitrogen and oxygen atoms in total. The summed E-state index contributed by atoms with van der Waals surface area (Å²) in [5, 5.41) is 24.5. The molecular weight excluding hydrogens is 541 g/mol. The number of hydrogen-bond acceptors (Lipinski definition) is 10. The molecule has 0 unspecified atom stereocenters. The highest BCUT2D eigenvalue weighted by Crippen LogP contribution is 2.58. The number of hydrogen-bond donors (Lipinski definition) is 3. The van der Waals surface area contributed by atoms with E-state index in [0.29, 0.717) is 12.0 Å². The van der Waals surface area contributed by atoms with Gasteiger partial charge in [-0.3, -0.25) is 27.9 Å². The Hall–Kier alpha value is -2.32. The van der Waals surface area contributed by atoms with E-state index in [4.69, 9.17) is 23.8 Å². The summed E-state index contributed by atoms with van der Waals surface area (Å²) in [5.41, 5.74) is 5.83. The number of nitrogens with one attached hydrogen (secondary N) is 1. The van der Waals surface area contributed by atoms with E-state index < -0.39 is 55.9 Å². The van der Waals surface area contributed by atoms with Crippen molar-refractivity contribution in [2.24, 2.45) is 5.11 Å². The van der Waals surface area contributed by atoms with Crippen molar-refractivity contribution in [3.05, 3.63) is 77.8 Å². The van der Waals surface area contributed by atoms with E-state index in [1.165, 1.54) is 0 Å². The Balaban J connectivity index is 1.56. The molecule has 1 aromatic heterocycles. The number of nitrogens with zero attached hydrogens (tertiary/aromatic N) is 4. The van der Waals surface area contributed by atoms with Crippen molar-refractivity contribution >= 4 is 23.8 Å². The van der Waals surface area contributed by atoms with Crippen LogP contribution in [0.2, 0.25) is 0 Å². The fourth-order valence-electron chi connectivity index (χ4n) is 3.63. The molecule has 2 aliphatic heterocycles. The first kappa shape index (κ1) is 24.8. The van der Waals surface area contributed by atoms with E-state index in [1.54, 1.807) is 24.3 Å². The summed E-state index contributed by atoms with van der Waals surface area (Å²) in [6, 6.07) is 8.15. The fourth-order valence-corrected chi connectivity index (χ4v) is 5.56. The number of rotatable bonds is 6. The minimum Gasteiger partial charge on any atom is -0.387 e. The molecule has 0 saturated carbocycles. The number of aliphatic hydroxyl groups excluding tert-OH is 2. The predicted octanol–water partition coefficient (Wildman–Crippen LogP) is 1.86. The zero-order valence-corrected chi connectivity index (χ0v) is 19.7. The van der Waals surface area contributed by atoms with E-state index in [9.17, 15) is 24.4 Å². The quantitative estimate of drug-likeness (QED) is 0.204. The molecule has 1 aromatic carbocycles. The predicted molar refractivity (Wildman–Crippen MR) is 117 cm³/mol. The Bertz CT molecular complexity index is 1280. The molecule has 34 heavy (non-hydrogen) atoms. The zero-order valence-electron chi connectivity index (χ0n) is 17.3. The number of azide groups is 1. The number of phosphoric acid groups is 1. The first-order valence-electron chi connectivity index (χ1n) is 9.92. The summed E-state index contributed by atoms with van der Waals surface area (Å²) in [6.45, 7) is -0.816. The van der Waals surface area contributed by atoms with Crippen molar-refractivity contribution in [3.8, 4) is 0 Å². The first-order chi connectivity index (χ1) is 16.2. The zero-order chi connectivity index (χ0) is 24.5. The molecule has 3 heterocycles. The molecular formula is C18H19BrN5O9P. The summed E-state index contributed by atoms with van der Waals surface area (Å²) in [4.78, 5) is 28.0. The maximum Gasteiger partial charge on any atom is 0.475 e. The molecule has 2 saturated heterocycles. The Morgan fingerprint density at radius 3 is 2.82 bits per heavy atom. The van der Waals surface area contributed by atoms with E-state index in [0.717, 1.165) is 21.3 Å². The number of phosphoric ester groups is 1. The maximum atomic E-state index is 13.2. The van der Waals surface area contributed by atoms with E-state index >= 15 is 0 Å². The van der Waals surface area contributed by atoms with Crippen LogP contribution in [0.3, 0.4) is 0 Å². The van der Waals surface area contributed by atoms with Crippen LogP contribution >= 0.6 is 23.8 Å². The number of aliphatic hydroxyl groups is 2. The molecule has 3 N–H and O–H groups in total. The summed E-state index contributed by atoms with van der Waals surface area (Å²) in [7, 11) is -4.22. The summed E-state index contributed by atoms with van der Waals surface area (Å²) in [6.07, 6.45) is -4.46. The smallest absolute Gasteiger partial charge is 0.387 e. The third-order valence-corrected chi connectivity index (χ3v) is 7.49. The summed E-state index contributed by atoms with van der Waals surface area (Å²) < 4.78 is 36.4. The van der Waals surface area contributed by atoms with Gasteiger partial charge in [-0.25, -0.2) is 9.36 Å². The Morgan fingerprint density at radius 1 is 1.35 bits per heavy atom. The second-order valence-corrected chi connectivity index (χ2v) is 9.93. The van der Waals surface area contributed by atoms with Gasteiger partial charge in [-0.05, 0) is 17.2 Å². The van der Waals surface area contributed by atoms with Crippen molar-refractivity contribution < 1.29 is 33.1 Å². The minimum absolute atomic E-state index is 0.0270. The highest BCUT2D eigenvalue weighted by atomic mass is 79.9. The molecule has 182 valence electrons.